The lowest BCUT2D eigenvalue weighted by Gasteiger charge is -2.20. The maximum absolute atomic E-state index is 12.7. The van der Waals surface area contributed by atoms with Gasteiger partial charge in [0.25, 0.3) is 0 Å². The number of nitrogens with one attached hydrogen (secondary N) is 1. The van der Waals surface area contributed by atoms with Crippen LogP contribution in [0.4, 0.5) is 0 Å². The van der Waals surface area contributed by atoms with Crippen molar-refractivity contribution in [1.82, 2.24) is 9.62 Å². The molecule has 162 valence electrons. The molecule has 0 saturated carbocycles. The molecule has 0 radical (unpaired) electrons. The first-order chi connectivity index (χ1) is 14.0. The molecule has 30 heavy (non-hydrogen) atoms. The molecule has 2 rings (SSSR count). The third-order valence-electron chi connectivity index (χ3n) is 4.44. The molecule has 0 aliphatic rings. The summed E-state index contributed by atoms with van der Waals surface area (Å²) in [4.78, 5) is 23.8. The maximum Gasteiger partial charge on any atom is 0.243 e. The standard InChI is InChI=1S/C22H28N2O5S/c1-15(2)29-20-8-6-7-19(13-20)16(3)23-22(26)14-24(5)30(27,28)21-11-9-18(10-12-21)17(4)25/h6-13,15-16H,14H2,1-5H3,(H,23,26). The largest absolute Gasteiger partial charge is 0.491 e. The number of amides is 1. The second-order valence-corrected chi connectivity index (χ2v) is 9.41. The molecule has 0 saturated heterocycles. The number of ketones is 1. The van der Waals surface area contributed by atoms with Crippen LogP contribution in [0, 0.1) is 0 Å². The minimum atomic E-state index is -3.86. The van der Waals surface area contributed by atoms with Gasteiger partial charge in [-0.05, 0) is 57.5 Å². The van der Waals surface area contributed by atoms with Gasteiger partial charge in [0, 0.05) is 12.6 Å². The van der Waals surface area contributed by atoms with Crippen molar-refractivity contribution in [1.29, 1.82) is 0 Å². The minimum Gasteiger partial charge on any atom is -0.491 e. The van der Waals surface area contributed by atoms with Gasteiger partial charge >= 0.3 is 0 Å². The van der Waals surface area contributed by atoms with Crippen LogP contribution in [-0.2, 0) is 14.8 Å². The topological polar surface area (TPSA) is 92.8 Å². The fraction of sp³-hybridized carbons (Fsp3) is 0.364. The van der Waals surface area contributed by atoms with Crippen LogP contribution in [0.2, 0.25) is 0 Å². The fourth-order valence-electron chi connectivity index (χ4n) is 2.83. The average molecular weight is 433 g/mol. The number of hydrogen-bond acceptors (Lipinski definition) is 5. The molecule has 1 atom stereocenters. The predicted octanol–water partition coefficient (Wildman–Crippen LogP) is 3.17. The van der Waals surface area contributed by atoms with Gasteiger partial charge in [-0.15, -0.1) is 0 Å². The van der Waals surface area contributed by atoms with Crippen molar-refractivity contribution in [2.45, 2.75) is 44.7 Å². The lowest BCUT2D eigenvalue weighted by molar-refractivity contribution is -0.121. The Bertz CT molecular complexity index is 1000. The van der Waals surface area contributed by atoms with Crippen molar-refractivity contribution >= 4 is 21.7 Å². The third-order valence-corrected chi connectivity index (χ3v) is 6.26. The number of carbonyl (C=O) groups is 2. The molecule has 0 aliphatic carbocycles. The minimum absolute atomic E-state index is 0.0226. The first kappa shape index (κ1) is 23.6. The Labute approximate surface area is 178 Å². The molecule has 8 heteroatoms. The number of carbonyl (C=O) groups excluding carboxylic acids is 2. The molecule has 1 unspecified atom stereocenters. The molecule has 0 aliphatic heterocycles. The summed E-state index contributed by atoms with van der Waals surface area (Å²) in [6.07, 6.45) is 0.0357. The molecule has 0 spiro atoms. The van der Waals surface area contributed by atoms with Crippen LogP contribution in [0.3, 0.4) is 0 Å². The van der Waals surface area contributed by atoms with Gasteiger partial charge < -0.3 is 10.1 Å². The van der Waals surface area contributed by atoms with Crippen LogP contribution in [0.5, 0.6) is 5.75 Å². The van der Waals surface area contributed by atoms with Gasteiger partial charge in [-0.25, -0.2) is 8.42 Å². The normalized spacial score (nSPS) is 12.6. The Morgan fingerprint density at radius 3 is 2.27 bits per heavy atom. The lowest BCUT2D eigenvalue weighted by Crippen LogP contribution is -2.39. The highest BCUT2D eigenvalue weighted by atomic mass is 32.2. The van der Waals surface area contributed by atoms with E-state index in [9.17, 15) is 18.0 Å². The molecule has 1 amide bonds. The summed E-state index contributed by atoms with van der Waals surface area (Å²) in [5, 5.41) is 2.81. The second-order valence-electron chi connectivity index (χ2n) is 7.37. The molecule has 2 aromatic carbocycles. The predicted molar refractivity (Wildman–Crippen MR) is 115 cm³/mol. The monoisotopic (exact) mass is 432 g/mol. The van der Waals surface area contributed by atoms with Gasteiger partial charge in [0.15, 0.2) is 5.78 Å². The SMILES string of the molecule is CC(=O)c1ccc(S(=O)(=O)N(C)CC(=O)NC(C)c2cccc(OC(C)C)c2)cc1. The van der Waals surface area contributed by atoms with E-state index in [-0.39, 0.29) is 29.4 Å². The van der Waals surface area contributed by atoms with Gasteiger partial charge in [0.1, 0.15) is 5.75 Å². The first-order valence-corrected chi connectivity index (χ1v) is 11.1. The Balaban J connectivity index is 2.03. The number of ether oxygens (including phenoxy) is 1. The summed E-state index contributed by atoms with van der Waals surface area (Å²) < 4.78 is 32.0. The quantitative estimate of drug-likeness (QED) is 0.615. The highest BCUT2D eigenvalue weighted by molar-refractivity contribution is 7.89. The van der Waals surface area contributed by atoms with Crippen LogP contribution in [0.25, 0.3) is 0 Å². The molecule has 0 bridgehead atoms. The van der Waals surface area contributed by atoms with E-state index in [4.69, 9.17) is 4.74 Å². The molecular formula is C22H28N2O5S. The fourth-order valence-corrected chi connectivity index (χ4v) is 3.96. The van der Waals surface area contributed by atoms with Crippen LogP contribution in [0.1, 0.15) is 49.7 Å². The van der Waals surface area contributed by atoms with E-state index in [1.807, 2.05) is 45.0 Å². The zero-order valence-electron chi connectivity index (χ0n) is 17.9. The van der Waals surface area contributed by atoms with Crippen molar-refractivity contribution in [2.75, 3.05) is 13.6 Å². The molecule has 7 nitrogen and oxygen atoms in total. The highest BCUT2D eigenvalue weighted by Crippen LogP contribution is 2.20. The van der Waals surface area contributed by atoms with Crippen LogP contribution < -0.4 is 10.1 Å². The van der Waals surface area contributed by atoms with E-state index in [1.165, 1.54) is 38.2 Å². The summed E-state index contributed by atoms with van der Waals surface area (Å²) in [5.41, 5.74) is 1.28. The average Bonchev–Trinajstić information content (AvgIpc) is 2.67. The molecule has 0 heterocycles. The summed E-state index contributed by atoms with van der Waals surface area (Å²) in [7, 11) is -2.51. The van der Waals surface area contributed by atoms with E-state index in [2.05, 4.69) is 5.32 Å². The van der Waals surface area contributed by atoms with Crippen LogP contribution in [-0.4, -0.2) is 44.1 Å². The Kier molecular flexibility index (Phi) is 7.75. The summed E-state index contributed by atoms with van der Waals surface area (Å²) in [6, 6.07) is 12.7. The zero-order chi connectivity index (χ0) is 22.5. The summed E-state index contributed by atoms with van der Waals surface area (Å²) in [5.74, 6) is 0.130. The van der Waals surface area contributed by atoms with Crippen molar-refractivity contribution in [3.05, 3.63) is 59.7 Å². The number of benzene rings is 2. The number of nitrogens with zero attached hydrogens (tertiary/aromatic N) is 1. The number of likely N-dealkylation sites (N-methyl/N-ethyl adjacent to an activating group) is 1. The zero-order valence-corrected chi connectivity index (χ0v) is 18.7. The Morgan fingerprint density at radius 2 is 1.70 bits per heavy atom. The third kappa shape index (κ3) is 6.14. The van der Waals surface area contributed by atoms with Gasteiger partial charge in [0.2, 0.25) is 15.9 Å². The van der Waals surface area contributed by atoms with Gasteiger partial charge in [-0.1, -0.05) is 24.3 Å². The van der Waals surface area contributed by atoms with Crippen LogP contribution in [0.15, 0.2) is 53.4 Å². The molecule has 2 aromatic rings. The number of Topliss-reactive ketones (excluding diaryl/α,β-unsaturated/α-hetero) is 1. The maximum atomic E-state index is 12.7. The van der Waals surface area contributed by atoms with Gasteiger partial charge in [-0.3, -0.25) is 9.59 Å². The smallest absolute Gasteiger partial charge is 0.243 e. The van der Waals surface area contributed by atoms with Crippen molar-refractivity contribution in [3.8, 4) is 5.75 Å². The molecular weight excluding hydrogens is 404 g/mol. The van der Waals surface area contributed by atoms with Crippen molar-refractivity contribution < 1.29 is 22.7 Å². The van der Waals surface area contributed by atoms with E-state index in [1.54, 1.807) is 0 Å². The van der Waals surface area contributed by atoms with Crippen LogP contribution >= 0.6 is 0 Å². The molecule has 0 fully saturated rings. The summed E-state index contributed by atoms with van der Waals surface area (Å²) >= 11 is 0. The van der Waals surface area contributed by atoms with Crippen molar-refractivity contribution in [3.63, 3.8) is 0 Å². The van der Waals surface area contributed by atoms with Gasteiger partial charge in [0.05, 0.1) is 23.6 Å². The molecule has 0 aromatic heterocycles. The summed E-state index contributed by atoms with van der Waals surface area (Å²) in [6.45, 7) is 6.76. The Hall–Kier alpha value is -2.71. The second kappa shape index (κ2) is 9.86. The van der Waals surface area contributed by atoms with E-state index in [0.29, 0.717) is 11.3 Å². The van der Waals surface area contributed by atoms with Gasteiger partial charge in [-0.2, -0.15) is 4.31 Å². The van der Waals surface area contributed by atoms with E-state index in [0.717, 1.165) is 9.87 Å². The van der Waals surface area contributed by atoms with E-state index < -0.39 is 15.9 Å². The number of sulfonamides is 1. The number of rotatable bonds is 9. The Morgan fingerprint density at radius 1 is 1.07 bits per heavy atom. The molecule has 1 N–H and O–H groups in total. The van der Waals surface area contributed by atoms with Crippen molar-refractivity contribution in [2.24, 2.45) is 0 Å². The van der Waals surface area contributed by atoms with E-state index >= 15 is 0 Å². The number of hydrogen-bond donors (Lipinski definition) is 1. The first-order valence-electron chi connectivity index (χ1n) is 9.64. The highest BCUT2D eigenvalue weighted by Gasteiger charge is 2.24. The lowest BCUT2D eigenvalue weighted by atomic mass is 10.1.